The van der Waals surface area contributed by atoms with Crippen LogP contribution in [0.5, 0.6) is 0 Å². The average Bonchev–Trinajstić information content (AvgIpc) is 2.75. The van der Waals surface area contributed by atoms with E-state index in [1.165, 1.54) is 14.0 Å². The molecule has 2 amide bonds. The van der Waals surface area contributed by atoms with E-state index in [0.717, 1.165) is 0 Å². The van der Waals surface area contributed by atoms with Crippen molar-refractivity contribution in [1.29, 1.82) is 0 Å². The molecule has 0 bridgehead atoms. The molecule has 2 aliphatic rings. The van der Waals surface area contributed by atoms with Crippen LogP contribution < -0.4 is 16.5 Å². The van der Waals surface area contributed by atoms with Crippen molar-refractivity contribution in [3.63, 3.8) is 0 Å². The van der Waals surface area contributed by atoms with Gasteiger partial charge in [0.1, 0.15) is 36.6 Å². The minimum absolute atomic E-state index is 0.0932. The molecule has 0 aromatic rings. The Morgan fingerprint density at radius 3 is 2.32 bits per heavy atom. The third-order valence-electron chi connectivity index (χ3n) is 4.95. The summed E-state index contributed by atoms with van der Waals surface area (Å²) >= 11 is 0. The quantitative estimate of drug-likeness (QED) is 0.165. The number of aliphatic hydroxyl groups excluding tert-OH is 4. The highest BCUT2D eigenvalue weighted by atomic mass is 16.8. The molecule has 0 radical (unpaired) electrons. The van der Waals surface area contributed by atoms with Crippen molar-refractivity contribution < 1.29 is 53.8 Å². The normalized spacial score (nSPS) is 38.5. The zero-order valence-electron chi connectivity index (χ0n) is 17.2. The SMILES string of the molecule is CO[C@@H]1O[C@H](CO)[C@@H](O[C@@H]2O[C@@H](CO)[C@H](O)C[C@H]2ONC(=O)CN)[C@H](O)[C@H]1NC(C)=O. The summed E-state index contributed by atoms with van der Waals surface area (Å²) in [4.78, 5) is 28.2. The Balaban J connectivity index is 2.21. The van der Waals surface area contributed by atoms with E-state index < -0.39 is 80.3 Å². The van der Waals surface area contributed by atoms with Crippen LogP contribution in [0.3, 0.4) is 0 Å². The highest BCUT2D eigenvalue weighted by molar-refractivity contribution is 5.76. The molecular weight excluding hydrogens is 422 g/mol. The van der Waals surface area contributed by atoms with Crippen LogP contribution in [0.4, 0.5) is 0 Å². The maximum atomic E-state index is 11.5. The van der Waals surface area contributed by atoms with Gasteiger partial charge in [-0.2, -0.15) is 0 Å². The van der Waals surface area contributed by atoms with Gasteiger partial charge in [-0.15, -0.1) is 0 Å². The number of carbonyl (C=O) groups is 2. The zero-order valence-corrected chi connectivity index (χ0v) is 17.2. The van der Waals surface area contributed by atoms with Gasteiger partial charge in [-0.1, -0.05) is 0 Å². The summed E-state index contributed by atoms with van der Waals surface area (Å²) in [5, 5.41) is 42.6. The van der Waals surface area contributed by atoms with Gasteiger partial charge in [-0.25, -0.2) is 5.48 Å². The summed E-state index contributed by atoms with van der Waals surface area (Å²) in [6.45, 7) is -0.201. The lowest BCUT2D eigenvalue weighted by Crippen LogP contribution is -2.66. The Morgan fingerprint density at radius 1 is 1.13 bits per heavy atom. The molecule has 2 heterocycles. The number of hydrogen-bond donors (Lipinski definition) is 7. The van der Waals surface area contributed by atoms with E-state index in [2.05, 4.69) is 10.8 Å². The van der Waals surface area contributed by atoms with Gasteiger partial charge in [0.15, 0.2) is 12.6 Å². The summed E-state index contributed by atoms with van der Waals surface area (Å²) in [5.41, 5.74) is 7.31. The Labute approximate surface area is 178 Å². The Bertz CT molecular complexity index is 598. The number of carbonyl (C=O) groups excluding carboxylic acids is 2. The van der Waals surface area contributed by atoms with Crippen molar-refractivity contribution in [2.24, 2.45) is 5.73 Å². The molecule has 0 spiro atoms. The Hall–Kier alpha value is -1.46. The van der Waals surface area contributed by atoms with Crippen LogP contribution in [0.1, 0.15) is 13.3 Å². The fourth-order valence-electron chi connectivity index (χ4n) is 3.40. The Morgan fingerprint density at radius 2 is 1.77 bits per heavy atom. The monoisotopic (exact) mass is 453 g/mol. The van der Waals surface area contributed by atoms with Gasteiger partial charge in [-0.05, 0) is 0 Å². The molecule has 31 heavy (non-hydrogen) atoms. The van der Waals surface area contributed by atoms with Crippen LogP contribution in [0, 0.1) is 0 Å². The number of nitrogens with two attached hydrogens (primary N) is 1. The molecule has 0 aromatic heterocycles. The second kappa shape index (κ2) is 12.0. The lowest BCUT2D eigenvalue weighted by atomic mass is 9.96. The standard InChI is InChI=1S/C17H31N3O11/c1-7(23)19-13-14(26)15(11(6-22)29-17(13)27-2)30-16-9(31-20-12(25)4-18)3-8(24)10(5-21)28-16/h8-11,13-17,21-22,24,26H,3-6,18H2,1-2H3,(H,19,23)(H,20,25)/t8-,9-,10+,11-,13-,14-,15-,16+,17-/m1/s1. The highest BCUT2D eigenvalue weighted by Gasteiger charge is 2.49. The van der Waals surface area contributed by atoms with Crippen molar-refractivity contribution in [2.45, 2.75) is 68.6 Å². The van der Waals surface area contributed by atoms with E-state index in [0.29, 0.717) is 0 Å². The highest BCUT2D eigenvalue weighted by Crippen LogP contribution is 2.30. The molecule has 2 saturated heterocycles. The third kappa shape index (κ3) is 6.52. The molecule has 9 atom stereocenters. The molecule has 14 heteroatoms. The number of nitrogens with one attached hydrogen (secondary N) is 2. The van der Waals surface area contributed by atoms with Gasteiger partial charge in [-0.3, -0.25) is 14.4 Å². The first-order valence-corrected chi connectivity index (χ1v) is 9.74. The van der Waals surface area contributed by atoms with Crippen LogP contribution in [-0.4, -0.2) is 114 Å². The van der Waals surface area contributed by atoms with Crippen molar-refractivity contribution in [1.82, 2.24) is 10.8 Å². The molecule has 0 saturated carbocycles. The predicted molar refractivity (Wildman–Crippen MR) is 99.7 cm³/mol. The van der Waals surface area contributed by atoms with Gasteiger partial charge in [0.25, 0.3) is 5.91 Å². The molecule has 2 rings (SSSR count). The molecule has 0 unspecified atom stereocenters. The van der Waals surface area contributed by atoms with E-state index in [1.807, 2.05) is 0 Å². The third-order valence-corrected chi connectivity index (χ3v) is 4.95. The number of aliphatic hydroxyl groups is 4. The lowest BCUT2D eigenvalue weighted by Gasteiger charge is -2.46. The maximum Gasteiger partial charge on any atom is 0.257 e. The smallest absolute Gasteiger partial charge is 0.257 e. The fourth-order valence-corrected chi connectivity index (χ4v) is 3.40. The van der Waals surface area contributed by atoms with E-state index in [1.54, 1.807) is 0 Å². The molecular formula is C17H31N3O11. The summed E-state index contributed by atoms with van der Waals surface area (Å²) < 4.78 is 22.1. The number of rotatable bonds is 9. The maximum absolute atomic E-state index is 11.5. The second-order valence-corrected chi connectivity index (χ2v) is 7.19. The summed E-state index contributed by atoms with van der Waals surface area (Å²) in [7, 11) is 1.31. The predicted octanol–water partition coefficient (Wildman–Crippen LogP) is -4.56. The van der Waals surface area contributed by atoms with Crippen LogP contribution in [0.2, 0.25) is 0 Å². The molecule has 2 aliphatic heterocycles. The van der Waals surface area contributed by atoms with Crippen molar-refractivity contribution in [3.05, 3.63) is 0 Å². The largest absolute Gasteiger partial charge is 0.394 e. The van der Waals surface area contributed by atoms with Crippen LogP contribution in [0.15, 0.2) is 0 Å². The summed E-state index contributed by atoms with van der Waals surface area (Å²) in [5.74, 6) is -1.10. The van der Waals surface area contributed by atoms with E-state index in [-0.39, 0.29) is 13.0 Å². The van der Waals surface area contributed by atoms with Crippen molar-refractivity contribution in [3.8, 4) is 0 Å². The van der Waals surface area contributed by atoms with Gasteiger partial charge < -0.3 is 50.4 Å². The number of hydroxylamine groups is 1. The van der Waals surface area contributed by atoms with Gasteiger partial charge >= 0.3 is 0 Å². The summed E-state index contributed by atoms with van der Waals surface area (Å²) in [6.07, 6.45) is -9.38. The Kier molecular flexibility index (Phi) is 9.95. The number of amides is 2. The molecule has 0 aromatic carbocycles. The zero-order chi connectivity index (χ0) is 23.1. The molecule has 14 nitrogen and oxygen atoms in total. The summed E-state index contributed by atoms with van der Waals surface area (Å²) in [6, 6.07) is -1.03. The topological polar surface area (TPSA) is 211 Å². The van der Waals surface area contributed by atoms with Crippen LogP contribution in [-0.2, 0) is 33.4 Å². The first-order chi connectivity index (χ1) is 14.7. The van der Waals surface area contributed by atoms with E-state index >= 15 is 0 Å². The van der Waals surface area contributed by atoms with Crippen molar-refractivity contribution >= 4 is 11.8 Å². The van der Waals surface area contributed by atoms with Crippen LogP contribution in [0.25, 0.3) is 0 Å². The van der Waals surface area contributed by atoms with E-state index in [9.17, 15) is 30.0 Å². The second-order valence-electron chi connectivity index (χ2n) is 7.19. The van der Waals surface area contributed by atoms with Crippen molar-refractivity contribution in [2.75, 3.05) is 26.9 Å². The minimum atomic E-state index is -1.40. The van der Waals surface area contributed by atoms with Gasteiger partial charge in [0, 0.05) is 20.5 Å². The lowest BCUT2D eigenvalue weighted by molar-refractivity contribution is -0.340. The number of ether oxygens (including phenoxy) is 4. The average molecular weight is 453 g/mol. The van der Waals surface area contributed by atoms with Gasteiger partial charge in [0.2, 0.25) is 5.91 Å². The molecule has 8 N–H and O–H groups in total. The molecule has 180 valence electrons. The number of hydrogen-bond acceptors (Lipinski definition) is 12. The van der Waals surface area contributed by atoms with Gasteiger partial charge in [0.05, 0.1) is 25.9 Å². The van der Waals surface area contributed by atoms with E-state index in [4.69, 9.17) is 29.5 Å². The van der Waals surface area contributed by atoms with Crippen LogP contribution >= 0.6 is 0 Å². The minimum Gasteiger partial charge on any atom is -0.394 e. The molecule has 0 aliphatic carbocycles. The fraction of sp³-hybridized carbons (Fsp3) is 0.882. The number of methoxy groups -OCH3 is 1. The molecule has 2 fully saturated rings. The first-order valence-electron chi connectivity index (χ1n) is 9.74. The first kappa shape index (κ1) is 25.8.